The second kappa shape index (κ2) is 10.3. The van der Waals surface area contributed by atoms with Crippen molar-refractivity contribution in [3.8, 4) is 5.75 Å². The van der Waals surface area contributed by atoms with E-state index in [0.717, 1.165) is 44.1 Å². The van der Waals surface area contributed by atoms with Crippen LogP contribution in [0.3, 0.4) is 0 Å². The molecule has 0 amide bonds. The predicted octanol–water partition coefficient (Wildman–Crippen LogP) is 7.16. The summed E-state index contributed by atoms with van der Waals surface area (Å²) in [5.74, 6) is 0.940. The molecule has 0 radical (unpaired) electrons. The molecule has 4 aromatic carbocycles. The normalized spacial score (nSPS) is 11.2. The molecule has 0 aliphatic carbocycles. The predicted molar refractivity (Wildman–Crippen MR) is 143 cm³/mol. The van der Waals surface area contributed by atoms with Crippen LogP contribution < -0.4 is 4.74 Å². The van der Waals surface area contributed by atoms with Crippen molar-refractivity contribution in [1.29, 1.82) is 0 Å². The fourth-order valence-electron chi connectivity index (χ4n) is 4.56. The summed E-state index contributed by atoms with van der Waals surface area (Å²) in [7, 11) is 0. The van der Waals surface area contributed by atoms with E-state index in [4.69, 9.17) is 4.74 Å². The van der Waals surface area contributed by atoms with Crippen LogP contribution in [0.2, 0.25) is 0 Å². The Hall–Kier alpha value is -3.70. The van der Waals surface area contributed by atoms with Crippen LogP contribution in [0.4, 0.5) is 0 Å². The fraction of sp³-hybridized carbons (Fsp3) is 0.167. The number of aromatic nitrogens is 1. The monoisotopic (exact) mass is 481 g/mol. The molecule has 35 heavy (non-hydrogen) atoms. The van der Waals surface area contributed by atoms with Gasteiger partial charge in [-0.1, -0.05) is 67.6 Å². The van der Waals surface area contributed by atoms with Crippen LogP contribution in [0.25, 0.3) is 21.8 Å². The van der Waals surface area contributed by atoms with Crippen molar-refractivity contribution < 1.29 is 14.6 Å². The Morgan fingerprint density at radius 1 is 0.857 bits per heavy atom. The number of fused-ring (bicyclic) bond motifs is 3. The van der Waals surface area contributed by atoms with E-state index in [1.165, 1.54) is 10.8 Å². The molecule has 0 spiro atoms. The number of para-hydroxylation sites is 1. The van der Waals surface area contributed by atoms with Crippen molar-refractivity contribution in [2.45, 2.75) is 31.4 Å². The van der Waals surface area contributed by atoms with Crippen LogP contribution in [-0.2, 0) is 24.4 Å². The van der Waals surface area contributed by atoms with Crippen molar-refractivity contribution in [2.24, 2.45) is 0 Å². The number of aliphatic carboxylic acids is 1. The van der Waals surface area contributed by atoms with Gasteiger partial charge >= 0.3 is 5.97 Å². The van der Waals surface area contributed by atoms with E-state index in [-0.39, 0.29) is 6.42 Å². The maximum Gasteiger partial charge on any atom is 0.307 e. The quantitative estimate of drug-likeness (QED) is 0.227. The zero-order chi connectivity index (χ0) is 24.2. The largest absolute Gasteiger partial charge is 0.489 e. The van der Waals surface area contributed by atoms with Gasteiger partial charge < -0.3 is 14.4 Å². The Kier molecular flexibility index (Phi) is 6.77. The molecule has 0 unspecified atom stereocenters. The van der Waals surface area contributed by atoms with Gasteiger partial charge in [-0.25, -0.2) is 0 Å². The van der Waals surface area contributed by atoms with Crippen LogP contribution in [0.15, 0.2) is 95.9 Å². The van der Waals surface area contributed by atoms with Crippen LogP contribution >= 0.6 is 11.8 Å². The molecule has 0 aliphatic heterocycles. The molecule has 0 bridgehead atoms. The van der Waals surface area contributed by atoms with Gasteiger partial charge in [0.25, 0.3) is 0 Å². The van der Waals surface area contributed by atoms with Crippen molar-refractivity contribution in [2.75, 3.05) is 5.75 Å². The number of nitrogens with zero attached hydrogens (tertiary/aromatic N) is 1. The highest BCUT2D eigenvalue weighted by atomic mass is 32.2. The third-order valence-electron chi connectivity index (χ3n) is 6.04. The molecule has 5 aromatic rings. The Morgan fingerprint density at radius 3 is 2.43 bits per heavy atom. The first-order valence-corrected chi connectivity index (χ1v) is 12.7. The van der Waals surface area contributed by atoms with Crippen LogP contribution in [0.5, 0.6) is 5.75 Å². The number of thioether (sulfide) groups is 1. The lowest BCUT2D eigenvalue weighted by Crippen LogP contribution is -2.03. The molecule has 0 saturated heterocycles. The van der Waals surface area contributed by atoms with Crippen LogP contribution in [0, 0.1) is 0 Å². The van der Waals surface area contributed by atoms with E-state index < -0.39 is 5.97 Å². The minimum atomic E-state index is -0.817. The molecule has 0 saturated carbocycles. The summed E-state index contributed by atoms with van der Waals surface area (Å²) in [5, 5.41) is 11.8. The third-order valence-corrected chi connectivity index (χ3v) is 6.96. The molecule has 1 aromatic heterocycles. The minimum absolute atomic E-state index is 0.0115. The number of ether oxygens (including phenoxy) is 1. The molecule has 4 nitrogen and oxygen atoms in total. The second-order valence-corrected chi connectivity index (χ2v) is 9.82. The highest BCUT2D eigenvalue weighted by Crippen LogP contribution is 2.38. The molecular weight excluding hydrogens is 454 g/mol. The van der Waals surface area contributed by atoms with Gasteiger partial charge in [-0.3, -0.25) is 4.79 Å². The first-order chi connectivity index (χ1) is 17.1. The van der Waals surface area contributed by atoms with E-state index in [0.29, 0.717) is 13.2 Å². The Balaban J connectivity index is 1.55. The Morgan fingerprint density at radius 2 is 1.63 bits per heavy atom. The van der Waals surface area contributed by atoms with Gasteiger partial charge in [0, 0.05) is 27.7 Å². The molecule has 1 heterocycles. The maximum atomic E-state index is 11.5. The lowest BCUT2D eigenvalue weighted by atomic mass is 10.1. The molecule has 0 aliphatic rings. The van der Waals surface area contributed by atoms with Gasteiger partial charge in [-0.15, -0.1) is 11.8 Å². The van der Waals surface area contributed by atoms with Crippen molar-refractivity contribution in [1.82, 2.24) is 4.57 Å². The zero-order valence-corrected chi connectivity index (χ0v) is 20.4. The summed E-state index contributed by atoms with van der Waals surface area (Å²) in [4.78, 5) is 12.6. The molecule has 5 heteroatoms. The first-order valence-electron chi connectivity index (χ1n) is 11.8. The first kappa shape index (κ1) is 23.1. The molecule has 176 valence electrons. The topological polar surface area (TPSA) is 51.5 Å². The molecule has 1 N–H and O–H groups in total. The molecule has 0 atom stereocenters. The molecular formula is C30H27NO3S. The SMILES string of the molecule is CCSc1cc(CC(=O)O)cc2c1c1ccccc1n2Cc1cccc(OCc2ccccc2)c1. The second-order valence-electron chi connectivity index (χ2n) is 8.52. The van der Waals surface area contributed by atoms with Gasteiger partial charge in [0.15, 0.2) is 0 Å². The van der Waals surface area contributed by atoms with Crippen molar-refractivity contribution in [3.63, 3.8) is 0 Å². The number of carboxylic acid groups (broad SMARTS) is 1. The Bertz CT molecular complexity index is 1490. The summed E-state index contributed by atoms with van der Waals surface area (Å²) in [6, 6.07) is 30.9. The zero-order valence-electron chi connectivity index (χ0n) is 19.6. The standard InChI is InChI=1S/C30H27NO3S/c1-2-35-28-17-23(18-29(32)33)16-27-30(28)25-13-6-7-14-26(25)31(27)19-22-11-8-12-24(15-22)34-20-21-9-4-3-5-10-21/h3-17H,2,18-20H2,1H3,(H,32,33). The maximum absolute atomic E-state index is 11.5. The van der Waals surface area contributed by atoms with E-state index in [1.807, 2.05) is 42.5 Å². The fourth-order valence-corrected chi connectivity index (χ4v) is 5.47. The number of carboxylic acids is 1. The van der Waals surface area contributed by atoms with E-state index in [2.05, 4.69) is 60.0 Å². The highest BCUT2D eigenvalue weighted by molar-refractivity contribution is 7.99. The van der Waals surface area contributed by atoms with E-state index >= 15 is 0 Å². The summed E-state index contributed by atoms with van der Waals surface area (Å²) in [5.41, 5.74) is 5.30. The third kappa shape index (κ3) is 5.05. The van der Waals surface area contributed by atoms with Crippen LogP contribution in [0.1, 0.15) is 23.6 Å². The summed E-state index contributed by atoms with van der Waals surface area (Å²) in [6.07, 6.45) is 0.0115. The number of carbonyl (C=O) groups is 1. The van der Waals surface area contributed by atoms with Gasteiger partial charge in [0.2, 0.25) is 0 Å². The van der Waals surface area contributed by atoms with Gasteiger partial charge in [0.05, 0.1) is 11.9 Å². The average Bonchev–Trinajstić information content (AvgIpc) is 3.17. The van der Waals surface area contributed by atoms with Gasteiger partial charge in [-0.05, 0) is 52.8 Å². The molecule has 5 rings (SSSR count). The summed E-state index contributed by atoms with van der Waals surface area (Å²) < 4.78 is 8.36. The van der Waals surface area contributed by atoms with E-state index in [1.54, 1.807) is 11.8 Å². The molecule has 0 fully saturated rings. The Labute approximate surface area is 209 Å². The number of benzene rings is 4. The lowest BCUT2D eigenvalue weighted by Gasteiger charge is -2.12. The number of hydrogen-bond acceptors (Lipinski definition) is 3. The average molecular weight is 482 g/mol. The van der Waals surface area contributed by atoms with Gasteiger partial charge in [-0.2, -0.15) is 0 Å². The number of rotatable bonds is 9. The van der Waals surface area contributed by atoms with Crippen molar-refractivity contribution in [3.05, 3.63) is 108 Å². The highest BCUT2D eigenvalue weighted by Gasteiger charge is 2.17. The van der Waals surface area contributed by atoms with E-state index in [9.17, 15) is 9.90 Å². The lowest BCUT2D eigenvalue weighted by molar-refractivity contribution is -0.136. The summed E-state index contributed by atoms with van der Waals surface area (Å²) in [6.45, 7) is 3.32. The van der Waals surface area contributed by atoms with Crippen LogP contribution in [-0.4, -0.2) is 21.4 Å². The van der Waals surface area contributed by atoms with Gasteiger partial charge in [0.1, 0.15) is 12.4 Å². The summed E-state index contributed by atoms with van der Waals surface area (Å²) >= 11 is 1.76. The minimum Gasteiger partial charge on any atom is -0.489 e. The number of hydrogen-bond donors (Lipinski definition) is 1. The van der Waals surface area contributed by atoms with Crippen molar-refractivity contribution >= 4 is 39.5 Å². The smallest absolute Gasteiger partial charge is 0.307 e.